The molecular weight excluding hydrogens is 499 g/mol. The third kappa shape index (κ3) is 4.19. The highest BCUT2D eigenvalue weighted by Gasteiger charge is 2.34. The van der Waals surface area contributed by atoms with E-state index in [2.05, 4.69) is 4.37 Å². The van der Waals surface area contributed by atoms with Crippen LogP contribution in [0.1, 0.15) is 0 Å². The number of alkyl halides is 2. The SMILES string of the molecule is O=CC=CN1CCN(c2snc3c(F)c(-c4cc(O)cc5ccccc45)c(Cl)cc23)CC1C(F)F. The average Bonchev–Trinajstić information content (AvgIpc) is 3.26. The molecule has 1 N–H and O–H groups in total. The third-order valence-corrected chi connectivity index (χ3v) is 7.38. The molecule has 1 aliphatic heterocycles. The predicted molar refractivity (Wildman–Crippen MR) is 133 cm³/mol. The molecule has 2 heterocycles. The molecule has 0 bridgehead atoms. The standard InChI is InChI=1S/C25H19ClF3N3O2S/c26-19-12-18-23(22(27)21(19)17-11-15(34)10-14-4-1-2-5-16(14)17)30-35-25(18)32-8-7-31(6-3-9-33)20(13-32)24(28)29/h1-6,9-12,20,24,34H,7-8,13H2. The Kier molecular flexibility index (Phi) is 6.29. The van der Waals surface area contributed by atoms with Crippen LogP contribution < -0.4 is 4.90 Å². The van der Waals surface area contributed by atoms with Gasteiger partial charge in [0.05, 0.1) is 5.02 Å². The Balaban J connectivity index is 1.58. The third-order valence-electron chi connectivity index (χ3n) is 6.16. The van der Waals surface area contributed by atoms with E-state index >= 15 is 4.39 Å². The van der Waals surface area contributed by atoms with Crippen LogP contribution in [0.15, 0.2) is 54.7 Å². The number of halogens is 4. The van der Waals surface area contributed by atoms with Crippen LogP contribution in [-0.4, -0.2) is 52.8 Å². The Morgan fingerprint density at radius 1 is 1.17 bits per heavy atom. The number of phenolic OH excluding ortho intramolecular Hbond substituents is 1. The van der Waals surface area contributed by atoms with Gasteiger partial charge in [-0.15, -0.1) is 0 Å². The quantitative estimate of drug-likeness (QED) is 0.257. The Morgan fingerprint density at radius 2 is 1.97 bits per heavy atom. The van der Waals surface area contributed by atoms with Crippen LogP contribution in [-0.2, 0) is 4.79 Å². The number of fused-ring (bicyclic) bond motifs is 2. The molecule has 0 aliphatic carbocycles. The summed E-state index contributed by atoms with van der Waals surface area (Å²) in [4.78, 5) is 13.8. The summed E-state index contributed by atoms with van der Waals surface area (Å²) in [5.74, 6) is -0.656. The lowest BCUT2D eigenvalue weighted by Gasteiger charge is -2.41. The molecule has 0 radical (unpaired) electrons. The zero-order chi connectivity index (χ0) is 24.7. The molecule has 0 spiro atoms. The number of nitrogens with zero attached hydrogens (tertiary/aromatic N) is 3. The minimum Gasteiger partial charge on any atom is -0.508 e. The van der Waals surface area contributed by atoms with E-state index in [4.69, 9.17) is 11.6 Å². The summed E-state index contributed by atoms with van der Waals surface area (Å²) in [7, 11) is 0. The zero-order valence-corrected chi connectivity index (χ0v) is 19.7. The van der Waals surface area contributed by atoms with Gasteiger partial charge in [-0.2, -0.15) is 4.37 Å². The molecule has 3 aromatic carbocycles. The normalized spacial score (nSPS) is 16.8. The number of anilines is 1. The number of aldehydes is 1. The lowest BCUT2D eigenvalue weighted by atomic mass is 9.96. The van der Waals surface area contributed by atoms with Gasteiger partial charge < -0.3 is 14.9 Å². The Bertz CT molecular complexity index is 1460. The van der Waals surface area contributed by atoms with Gasteiger partial charge in [-0.25, -0.2) is 13.2 Å². The van der Waals surface area contributed by atoms with Gasteiger partial charge in [0.2, 0.25) is 0 Å². The lowest BCUT2D eigenvalue weighted by Crippen LogP contribution is -2.54. The first kappa shape index (κ1) is 23.4. The first-order valence-electron chi connectivity index (χ1n) is 10.8. The Hall–Kier alpha value is -3.30. The number of aromatic nitrogens is 1. The van der Waals surface area contributed by atoms with E-state index in [1.807, 2.05) is 24.3 Å². The van der Waals surface area contributed by atoms with E-state index in [1.54, 1.807) is 17.0 Å². The van der Waals surface area contributed by atoms with Crippen molar-refractivity contribution in [3.05, 3.63) is 65.6 Å². The van der Waals surface area contributed by atoms with Crippen molar-refractivity contribution in [3.8, 4) is 16.9 Å². The summed E-state index contributed by atoms with van der Waals surface area (Å²) < 4.78 is 47.7. The van der Waals surface area contributed by atoms with Crippen molar-refractivity contribution < 1.29 is 23.1 Å². The minimum atomic E-state index is -2.64. The fraction of sp³-hybridized carbons (Fsp3) is 0.200. The van der Waals surface area contributed by atoms with E-state index in [-0.39, 0.29) is 34.9 Å². The van der Waals surface area contributed by atoms with Crippen LogP contribution in [0.3, 0.4) is 0 Å². The highest BCUT2D eigenvalue weighted by molar-refractivity contribution is 7.11. The van der Waals surface area contributed by atoms with Crippen LogP contribution in [0.4, 0.5) is 18.2 Å². The smallest absolute Gasteiger partial charge is 0.260 e. The molecule has 5 rings (SSSR count). The van der Waals surface area contributed by atoms with Crippen molar-refractivity contribution >= 4 is 56.1 Å². The summed E-state index contributed by atoms with van der Waals surface area (Å²) in [5, 5.41) is 12.8. The lowest BCUT2D eigenvalue weighted by molar-refractivity contribution is -0.104. The predicted octanol–water partition coefficient (Wildman–Crippen LogP) is 6.08. The van der Waals surface area contributed by atoms with Gasteiger partial charge in [-0.05, 0) is 52.1 Å². The number of aromatic hydroxyl groups is 1. The van der Waals surface area contributed by atoms with E-state index in [1.165, 1.54) is 23.2 Å². The van der Waals surface area contributed by atoms with Crippen molar-refractivity contribution in [1.29, 1.82) is 0 Å². The second-order valence-corrected chi connectivity index (χ2v) is 9.37. The van der Waals surface area contributed by atoms with Crippen LogP contribution in [0.5, 0.6) is 5.75 Å². The van der Waals surface area contributed by atoms with Crippen LogP contribution in [0, 0.1) is 5.82 Å². The van der Waals surface area contributed by atoms with Crippen LogP contribution in [0.25, 0.3) is 32.8 Å². The van der Waals surface area contributed by atoms with Gasteiger partial charge in [0.1, 0.15) is 28.6 Å². The van der Waals surface area contributed by atoms with Crippen molar-refractivity contribution in [1.82, 2.24) is 9.27 Å². The maximum atomic E-state index is 15.9. The summed E-state index contributed by atoms with van der Waals surface area (Å²) in [6, 6.07) is 10.8. The summed E-state index contributed by atoms with van der Waals surface area (Å²) >= 11 is 7.62. The topological polar surface area (TPSA) is 56.7 Å². The number of phenols is 1. The second-order valence-electron chi connectivity index (χ2n) is 8.21. The largest absolute Gasteiger partial charge is 0.508 e. The second kappa shape index (κ2) is 9.39. The van der Waals surface area contributed by atoms with Gasteiger partial charge >= 0.3 is 0 Å². The molecule has 1 aliphatic rings. The van der Waals surface area contributed by atoms with Crippen molar-refractivity contribution in [3.63, 3.8) is 0 Å². The molecule has 35 heavy (non-hydrogen) atoms. The molecule has 1 unspecified atom stereocenters. The fourth-order valence-corrected chi connectivity index (χ4v) is 5.72. The van der Waals surface area contributed by atoms with Crippen LogP contribution in [0.2, 0.25) is 5.02 Å². The molecule has 1 fully saturated rings. The molecule has 0 saturated carbocycles. The maximum Gasteiger partial charge on any atom is 0.260 e. The highest BCUT2D eigenvalue weighted by Crippen LogP contribution is 2.44. The minimum absolute atomic E-state index is 0.0175. The molecule has 4 aromatic rings. The molecule has 5 nitrogen and oxygen atoms in total. The van der Waals surface area contributed by atoms with Crippen molar-refractivity contribution in [2.45, 2.75) is 12.5 Å². The summed E-state index contributed by atoms with van der Waals surface area (Å²) in [6.07, 6.45) is 0.464. The molecule has 1 aromatic heterocycles. The summed E-state index contributed by atoms with van der Waals surface area (Å²) in [5.41, 5.74) is 0.652. The van der Waals surface area contributed by atoms with Gasteiger partial charge in [-0.3, -0.25) is 4.79 Å². The van der Waals surface area contributed by atoms with E-state index in [9.17, 15) is 18.7 Å². The average molecular weight is 518 g/mol. The zero-order valence-electron chi connectivity index (χ0n) is 18.2. The number of carbonyl (C=O) groups excluding carboxylic acids is 1. The first-order chi connectivity index (χ1) is 16.9. The molecule has 180 valence electrons. The van der Waals surface area contributed by atoms with Gasteiger partial charge in [0, 0.05) is 36.8 Å². The number of carbonyl (C=O) groups is 1. The monoisotopic (exact) mass is 517 g/mol. The molecule has 1 atom stereocenters. The van der Waals surface area contributed by atoms with E-state index < -0.39 is 18.3 Å². The Morgan fingerprint density at radius 3 is 2.74 bits per heavy atom. The van der Waals surface area contributed by atoms with Crippen molar-refractivity contribution in [2.24, 2.45) is 0 Å². The van der Waals surface area contributed by atoms with E-state index in [0.29, 0.717) is 28.8 Å². The highest BCUT2D eigenvalue weighted by atomic mass is 35.5. The maximum absolute atomic E-state index is 15.9. The van der Waals surface area contributed by atoms with E-state index in [0.717, 1.165) is 22.3 Å². The molecule has 0 amide bonds. The summed E-state index contributed by atoms with van der Waals surface area (Å²) in [6.45, 7) is 0.639. The number of piperazine rings is 1. The number of benzene rings is 3. The number of allylic oxidation sites excluding steroid dienone is 1. The number of rotatable bonds is 5. The van der Waals surface area contributed by atoms with Gasteiger partial charge in [-0.1, -0.05) is 35.9 Å². The first-order valence-corrected chi connectivity index (χ1v) is 11.9. The van der Waals surface area contributed by atoms with Crippen LogP contribution >= 0.6 is 23.1 Å². The Labute approximate surface area is 207 Å². The number of hydrogen-bond donors (Lipinski definition) is 1. The molecule has 10 heteroatoms. The molecule has 1 saturated heterocycles. The fourth-order valence-electron chi connectivity index (χ4n) is 4.54. The van der Waals surface area contributed by atoms with Gasteiger partial charge in [0.25, 0.3) is 6.43 Å². The molecular formula is C25H19ClF3N3O2S. The number of hydrogen-bond acceptors (Lipinski definition) is 6. The van der Waals surface area contributed by atoms with Crippen molar-refractivity contribution in [2.75, 3.05) is 24.5 Å². The van der Waals surface area contributed by atoms with Gasteiger partial charge in [0.15, 0.2) is 5.82 Å².